The third kappa shape index (κ3) is 4.12. The van der Waals surface area contributed by atoms with Crippen LogP contribution in [0.5, 0.6) is 0 Å². The van der Waals surface area contributed by atoms with E-state index < -0.39 is 16.9 Å². The number of fused-ring (bicyclic) bond motifs is 1. The van der Waals surface area contributed by atoms with Gasteiger partial charge in [-0.2, -0.15) is 0 Å². The van der Waals surface area contributed by atoms with Crippen LogP contribution in [0.25, 0.3) is 22.0 Å². The van der Waals surface area contributed by atoms with Gasteiger partial charge in [-0.15, -0.1) is 0 Å². The standard InChI is InChI=1S/C17H16N4O4.C2H6/c1-20-9-12(6-13(18)17(22)23)16-14(20)7-11(8-15(16)21(24)25)10-2-4-19-5-3-10;1-2/h2-5,7-9,13H,6,18H2,1H3,(H,22,23);1-2H3. The van der Waals surface area contributed by atoms with E-state index in [1.165, 1.54) is 6.07 Å². The Kier molecular flexibility index (Phi) is 6.25. The molecule has 1 aromatic carbocycles. The Morgan fingerprint density at radius 3 is 2.48 bits per heavy atom. The van der Waals surface area contributed by atoms with Gasteiger partial charge in [0.1, 0.15) is 6.04 Å². The number of nitro groups is 1. The second kappa shape index (κ2) is 8.41. The third-order valence-corrected chi connectivity index (χ3v) is 4.11. The van der Waals surface area contributed by atoms with Crippen LogP contribution < -0.4 is 5.73 Å². The molecule has 0 aliphatic rings. The zero-order valence-electron chi connectivity index (χ0n) is 15.4. The van der Waals surface area contributed by atoms with Crippen LogP contribution in [-0.2, 0) is 18.3 Å². The van der Waals surface area contributed by atoms with E-state index in [0.717, 1.165) is 5.56 Å². The van der Waals surface area contributed by atoms with Gasteiger partial charge in [-0.1, -0.05) is 13.8 Å². The number of aryl methyl sites for hydroxylation is 1. The maximum absolute atomic E-state index is 11.6. The molecule has 0 spiro atoms. The zero-order valence-corrected chi connectivity index (χ0v) is 15.4. The first-order valence-electron chi connectivity index (χ1n) is 8.53. The number of rotatable bonds is 5. The molecule has 0 amide bonds. The molecule has 142 valence electrons. The highest BCUT2D eigenvalue weighted by Crippen LogP contribution is 2.35. The summed E-state index contributed by atoms with van der Waals surface area (Å²) in [5, 5.41) is 21.1. The predicted octanol–water partition coefficient (Wildman–Crippen LogP) is 3.13. The number of aromatic nitrogens is 2. The van der Waals surface area contributed by atoms with E-state index in [4.69, 9.17) is 10.8 Å². The molecule has 2 heterocycles. The number of hydrogen-bond acceptors (Lipinski definition) is 5. The molecule has 0 fully saturated rings. The van der Waals surface area contributed by atoms with Crippen molar-refractivity contribution in [2.45, 2.75) is 26.3 Å². The molecule has 0 aliphatic heterocycles. The van der Waals surface area contributed by atoms with E-state index >= 15 is 0 Å². The molecular formula is C19H22N4O4. The highest BCUT2D eigenvalue weighted by molar-refractivity contribution is 5.96. The number of carbonyl (C=O) groups is 1. The molecule has 1 unspecified atom stereocenters. The number of nitro benzene ring substituents is 1. The minimum absolute atomic E-state index is 0.0160. The van der Waals surface area contributed by atoms with Gasteiger partial charge in [0.2, 0.25) is 0 Å². The number of hydrogen-bond donors (Lipinski definition) is 2. The smallest absolute Gasteiger partial charge is 0.320 e. The van der Waals surface area contributed by atoms with Crippen molar-refractivity contribution in [1.29, 1.82) is 0 Å². The van der Waals surface area contributed by atoms with Crippen molar-refractivity contribution in [3.63, 3.8) is 0 Å². The molecule has 0 saturated carbocycles. The molecule has 0 aliphatic carbocycles. The Bertz CT molecular complexity index is 967. The molecule has 8 heteroatoms. The summed E-state index contributed by atoms with van der Waals surface area (Å²) in [5.41, 5.74) is 8.23. The second-order valence-electron chi connectivity index (χ2n) is 5.80. The van der Waals surface area contributed by atoms with Gasteiger partial charge in [0.15, 0.2) is 0 Å². The molecular weight excluding hydrogens is 348 g/mol. The molecule has 2 aromatic heterocycles. The van der Waals surface area contributed by atoms with Gasteiger partial charge < -0.3 is 15.4 Å². The molecule has 3 N–H and O–H groups in total. The number of nitrogens with zero attached hydrogens (tertiary/aromatic N) is 3. The number of carboxylic acid groups (broad SMARTS) is 1. The monoisotopic (exact) mass is 370 g/mol. The number of aliphatic carboxylic acids is 1. The topological polar surface area (TPSA) is 124 Å². The average molecular weight is 370 g/mol. The molecule has 1 atom stereocenters. The predicted molar refractivity (Wildman–Crippen MR) is 103 cm³/mol. The van der Waals surface area contributed by atoms with Crippen molar-refractivity contribution in [3.8, 4) is 11.1 Å². The van der Waals surface area contributed by atoms with Gasteiger partial charge in [0, 0.05) is 38.1 Å². The molecule has 0 saturated heterocycles. The minimum atomic E-state index is -1.15. The second-order valence-corrected chi connectivity index (χ2v) is 5.80. The van der Waals surface area contributed by atoms with Gasteiger partial charge in [0.25, 0.3) is 5.69 Å². The first-order valence-corrected chi connectivity index (χ1v) is 8.53. The van der Waals surface area contributed by atoms with Crippen LogP contribution in [0.15, 0.2) is 42.9 Å². The Balaban J connectivity index is 0.00000126. The summed E-state index contributed by atoms with van der Waals surface area (Å²) in [6.07, 6.45) is 4.94. The largest absolute Gasteiger partial charge is 0.480 e. The fourth-order valence-corrected chi connectivity index (χ4v) is 2.92. The van der Waals surface area contributed by atoms with Gasteiger partial charge in [-0.25, -0.2) is 0 Å². The van der Waals surface area contributed by atoms with Gasteiger partial charge in [0.05, 0.1) is 15.8 Å². The van der Waals surface area contributed by atoms with Crippen LogP contribution in [0, 0.1) is 10.1 Å². The lowest BCUT2D eigenvalue weighted by atomic mass is 10.00. The van der Waals surface area contributed by atoms with E-state index in [9.17, 15) is 14.9 Å². The molecule has 0 radical (unpaired) electrons. The summed E-state index contributed by atoms with van der Waals surface area (Å²) in [6, 6.07) is 5.76. The summed E-state index contributed by atoms with van der Waals surface area (Å²) in [5.74, 6) is -1.15. The highest BCUT2D eigenvalue weighted by atomic mass is 16.6. The van der Waals surface area contributed by atoms with E-state index in [0.29, 0.717) is 22.0 Å². The Labute approximate surface area is 156 Å². The lowest BCUT2D eigenvalue weighted by Crippen LogP contribution is -2.32. The number of pyridine rings is 1. The van der Waals surface area contributed by atoms with Crippen LogP contribution in [0.1, 0.15) is 19.4 Å². The number of non-ortho nitro benzene ring substituents is 1. The maximum Gasteiger partial charge on any atom is 0.320 e. The summed E-state index contributed by atoms with van der Waals surface area (Å²) >= 11 is 0. The van der Waals surface area contributed by atoms with Crippen molar-refractivity contribution >= 4 is 22.6 Å². The normalized spacial score (nSPS) is 11.6. The number of benzene rings is 1. The lowest BCUT2D eigenvalue weighted by molar-refractivity contribution is -0.383. The lowest BCUT2D eigenvalue weighted by Gasteiger charge is -2.07. The van der Waals surface area contributed by atoms with Crippen LogP contribution in [-0.4, -0.2) is 31.6 Å². The Morgan fingerprint density at radius 1 is 1.30 bits per heavy atom. The minimum Gasteiger partial charge on any atom is -0.480 e. The van der Waals surface area contributed by atoms with Gasteiger partial charge >= 0.3 is 5.97 Å². The van der Waals surface area contributed by atoms with Crippen LogP contribution in [0.4, 0.5) is 5.69 Å². The van der Waals surface area contributed by atoms with Gasteiger partial charge in [-0.3, -0.25) is 19.9 Å². The zero-order chi connectivity index (χ0) is 20.1. The summed E-state index contributed by atoms with van der Waals surface area (Å²) in [4.78, 5) is 26.1. The van der Waals surface area contributed by atoms with Crippen LogP contribution in [0.3, 0.4) is 0 Å². The summed E-state index contributed by atoms with van der Waals surface area (Å²) in [6.45, 7) is 4.00. The van der Waals surface area contributed by atoms with Crippen molar-refractivity contribution in [2.24, 2.45) is 12.8 Å². The van der Waals surface area contributed by atoms with Crippen LogP contribution >= 0.6 is 0 Å². The quantitative estimate of drug-likeness (QED) is 0.525. The first kappa shape index (κ1) is 20.1. The van der Waals surface area contributed by atoms with E-state index in [1.54, 1.807) is 42.3 Å². The molecule has 0 bridgehead atoms. The fraction of sp³-hybridized carbons (Fsp3) is 0.263. The first-order chi connectivity index (χ1) is 12.9. The molecule has 3 aromatic rings. The number of nitrogens with two attached hydrogens (primary N) is 1. The van der Waals surface area contributed by atoms with Crippen molar-refractivity contribution < 1.29 is 14.8 Å². The Hall–Kier alpha value is -3.26. The van der Waals surface area contributed by atoms with Crippen LogP contribution in [0.2, 0.25) is 0 Å². The van der Waals surface area contributed by atoms with E-state index in [1.807, 2.05) is 19.9 Å². The van der Waals surface area contributed by atoms with E-state index in [2.05, 4.69) is 4.98 Å². The summed E-state index contributed by atoms with van der Waals surface area (Å²) < 4.78 is 1.75. The van der Waals surface area contributed by atoms with E-state index in [-0.39, 0.29) is 12.1 Å². The maximum atomic E-state index is 11.6. The highest BCUT2D eigenvalue weighted by Gasteiger charge is 2.23. The van der Waals surface area contributed by atoms with Crippen molar-refractivity contribution in [2.75, 3.05) is 0 Å². The third-order valence-electron chi connectivity index (χ3n) is 4.11. The fourth-order valence-electron chi connectivity index (χ4n) is 2.92. The molecule has 27 heavy (non-hydrogen) atoms. The van der Waals surface area contributed by atoms with Gasteiger partial charge in [-0.05, 0) is 34.9 Å². The molecule has 3 rings (SSSR count). The SMILES string of the molecule is CC.Cn1cc(CC(N)C(=O)O)c2c([N+](=O)[O-])cc(-c3ccncc3)cc21. The number of carboxylic acids is 1. The van der Waals surface area contributed by atoms with Crippen molar-refractivity contribution in [3.05, 3.63) is 58.5 Å². The molecule has 8 nitrogen and oxygen atoms in total. The van der Waals surface area contributed by atoms with Crippen molar-refractivity contribution in [1.82, 2.24) is 9.55 Å². The summed E-state index contributed by atoms with van der Waals surface area (Å²) in [7, 11) is 1.76. The average Bonchev–Trinajstić information content (AvgIpc) is 2.98. The Morgan fingerprint density at radius 2 is 1.93 bits per heavy atom.